The second kappa shape index (κ2) is 4.66. The third-order valence-electron chi connectivity index (χ3n) is 2.94. The molecule has 3 nitrogen and oxygen atoms in total. The number of pyridine rings is 1. The minimum atomic E-state index is 0.0370. The van der Waals surface area contributed by atoms with Crippen LogP contribution in [0.15, 0.2) is 30.0 Å². The molecule has 0 bridgehead atoms. The van der Waals surface area contributed by atoms with Gasteiger partial charge in [-0.15, -0.1) is 0 Å². The molecule has 1 aliphatic heterocycles. The molecule has 0 unspecified atom stereocenters. The zero-order valence-corrected chi connectivity index (χ0v) is 9.98. The average molecular weight is 217 g/mol. The lowest BCUT2D eigenvalue weighted by molar-refractivity contribution is 0.745. The van der Waals surface area contributed by atoms with Crippen LogP contribution in [-0.2, 0) is 0 Å². The van der Waals surface area contributed by atoms with E-state index >= 15 is 0 Å². The van der Waals surface area contributed by atoms with Gasteiger partial charge in [0.05, 0.1) is 0 Å². The number of nitrogens with zero attached hydrogens (tertiary/aromatic N) is 2. The third kappa shape index (κ3) is 2.25. The first-order valence-electron chi connectivity index (χ1n) is 5.79. The van der Waals surface area contributed by atoms with Crippen molar-refractivity contribution >= 4 is 5.82 Å². The Morgan fingerprint density at radius 3 is 3.00 bits per heavy atom. The topological polar surface area (TPSA) is 42.2 Å². The SMILES string of the molecule is CC1=CCCN(c2ncccc2[C@@H](C)N)C1. The number of rotatable bonds is 2. The molecule has 86 valence electrons. The molecular formula is C13H19N3. The Hall–Kier alpha value is -1.35. The Kier molecular flexibility index (Phi) is 3.25. The van der Waals surface area contributed by atoms with Crippen LogP contribution in [0, 0.1) is 0 Å². The zero-order chi connectivity index (χ0) is 11.5. The first-order valence-corrected chi connectivity index (χ1v) is 5.79. The van der Waals surface area contributed by atoms with E-state index in [0.717, 1.165) is 30.9 Å². The van der Waals surface area contributed by atoms with Crippen molar-refractivity contribution in [3.63, 3.8) is 0 Å². The van der Waals surface area contributed by atoms with E-state index in [9.17, 15) is 0 Å². The summed E-state index contributed by atoms with van der Waals surface area (Å²) in [7, 11) is 0. The Labute approximate surface area is 97.0 Å². The van der Waals surface area contributed by atoms with Crippen molar-refractivity contribution in [2.24, 2.45) is 5.73 Å². The predicted molar refractivity (Wildman–Crippen MR) is 67.4 cm³/mol. The first kappa shape index (κ1) is 11.1. The minimum Gasteiger partial charge on any atom is -0.352 e. The molecule has 0 radical (unpaired) electrons. The monoisotopic (exact) mass is 217 g/mol. The van der Waals surface area contributed by atoms with Crippen LogP contribution < -0.4 is 10.6 Å². The summed E-state index contributed by atoms with van der Waals surface area (Å²) in [4.78, 5) is 6.79. The van der Waals surface area contributed by atoms with E-state index < -0.39 is 0 Å². The quantitative estimate of drug-likeness (QED) is 0.773. The molecule has 1 aromatic heterocycles. The highest BCUT2D eigenvalue weighted by molar-refractivity contribution is 5.50. The molecule has 0 saturated heterocycles. The highest BCUT2D eigenvalue weighted by atomic mass is 15.2. The lowest BCUT2D eigenvalue weighted by Crippen LogP contribution is -2.31. The smallest absolute Gasteiger partial charge is 0.133 e. The van der Waals surface area contributed by atoms with E-state index in [0.29, 0.717) is 0 Å². The largest absolute Gasteiger partial charge is 0.352 e. The van der Waals surface area contributed by atoms with Crippen molar-refractivity contribution in [1.29, 1.82) is 0 Å². The second-order valence-electron chi connectivity index (χ2n) is 4.47. The van der Waals surface area contributed by atoms with Gasteiger partial charge < -0.3 is 10.6 Å². The van der Waals surface area contributed by atoms with Crippen LogP contribution in [0.2, 0.25) is 0 Å². The molecule has 2 N–H and O–H groups in total. The van der Waals surface area contributed by atoms with E-state index in [1.165, 1.54) is 5.57 Å². The van der Waals surface area contributed by atoms with E-state index in [-0.39, 0.29) is 6.04 Å². The fourth-order valence-electron chi connectivity index (χ4n) is 2.12. The summed E-state index contributed by atoms with van der Waals surface area (Å²) in [5, 5.41) is 0. The number of anilines is 1. The van der Waals surface area contributed by atoms with E-state index in [1.807, 2.05) is 19.2 Å². The van der Waals surface area contributed by atoms with Crippen LogP contribution in [0.3, 0.4) is 0 Å². The van der Waals surface area contributed by atoms with Crippen molar-refractivity contribution in [3.05, 3.63) is 35.5 Å². The Bertz CT molecular complexity index is 396. The second-order valence-corrected chi connectivity index (χ2v) is 4.47. The van der Waals surface area contributed by atoms with E-state index in [4.69, 9.17) is 5.73 Å². The van der Waals surface area contributed by atoms with Crippen molar-refractivity contribution < 1.29 is 0 Å². The standard InChI is InChI=1S/C13H19N3/c1-10-5-4-8-16(9-10)13-12(11(2)14)6-3-7-15-13/h3,5-7,11H,4,8-9,14H2,1-2H3/t11-/m1/s1. The molecule has 1 aromatic rings. The van der Waals surface area contributed by atoms with Crippen LogP contribution in [0.5, 0.6) is 0 Å². The van der Waals surface area contributed by atoms with Crippen LogP contribution in [0.25, 0.3) is 0 Å². The van der Waals surface area contributed by atoms with Gasteiger partial charge in [0, 0.05) is 30.9 Å². The number of hydrogen-bond acceptors (Lipinski definition) is 3. The average Bonchev–Trinajstić information content (AvgIpc) is 2.29. The molecule has 1 aliphatic rings. The maximum atomic E-state index is 5.97. The number of aromatic nitrogens is 1. The molecule has 3 heteroatoms. The molecule has 0 saturated carbocycles. The molecule has 0 aliphatic carbocycles. The summed E-state index contributed by atoms with van der Waals surface area (Å²) in [6.07, 6.45) is 5.24. The van der Waals surface area contributed by atoms with Gasteiger partial charge in [-0.2, -0.15) is 0 Å². The minimum absolute atomic E-state index is 0.0370. The molecule has 2 heterocycles. The van der Waals surface area contributed by atoms with Crippen molar-refractivity contribution in [1.82, 2.24) is 4.98 Å². The van der Waals surface area contributed by atoms with Crippen LogP contribution in [0.4, 0.5) is 5.82 Å². The van der Waals surface area contributed by atoms with Crippen molar-refractivity contribution in [2.75, 3.05) is 18.0 Å². The molecular weight excluding hydrogens is 198 g/mol. The number of hydrogen-bond donors (Lipinski definition) is 1. The molecule has 0 fully saturated rings. The Morgan fingerprint density at radius 2 is 2.31 bits per heavy atom. The normalized spacial score (nSPS) is 18.2. The highest BCUT2D eigenvalue weighted by Gasteiger charge is 2.16. The summed E-state index contributed by atoms with van der Waals surface area (Å²) in [6.45, 7) is 6.18. The molecule has 0 aromatic carbocycles. The van der Waals surface area contributed by atoms with Crippen LogP contribution in [0.1, 0.15) is 31.9 Å². The van der Waals surface area contributed by atoms with Crippen molar-refractivity contribution in [3.8, 4) is 0 Å². The fraction of sp³-hybridized carbons (Fsp3) is 0.462. The van der Waals surface area contributed by atoms with Gasteiger partial charge in [0.2, 0.25) is 0 Å². The van der Waals surface area contributed by atoms with Gasteiger partial charge in [-0.1, -0.05) is 17.7 Å². The maximum Gasteiger partial charge on any atom is 0.133 e. The van der Waals surface area contributed by atoms with Gasteiger partial charge in [0.1, 0.15) is 5.82 Å². The van der Waals surface area contributed by atoms with E-state index in [1.54, 1.807) is 0 Å². The van der Waals surface area contributed by atoms with Crippen molar-refractivity contribution in [2.45, 2.75) is 26.3 Å². The number of nitrogens with two attached hydrogens (primary N) is 1. The van der Waals surface area contributed by atoms with Crippen LogP contribution in [-0.4, -0.2) is 18.1 Å². The molecule has 1 atom stereocenters. The van der Waals surface area contributed by atoms with Crippen LogP contribution >= 0.6 is 0 Å². The van der Waals surface area contributed by atoms with E-state index in [2.05, 4.69) is 29.0 Å². The molecule has 0 amide bonds. The molecule has 0 spiro atoms. The lowest BCUT2D eigenvalue weighted by Gasteiger charge is -2.29. The summed E-state index contributed by atoms with van der Waals surface area (Å²) >= 11 is 0. The Balaban J connectivity index is 2.29. The van der Waals surface area contributed by atoms with Gasteiger partial charge in [-0.25, -0.2) is 4.98 Å². The molecule has 16 heavy (non-hydrogen) atoms. The van der Waals surface area contributed by atoms with Gasteiger partial charge in [0.15, 0.2) is 0 Å². The van der Waals surface area contributed by atoms with Gasteiger partial charge in [0.25, 0.3) is 0 Å². The van der Waals surface area contributed by atoms with Gasteiger partial charge >= 0.3 is 0 Å². The summed E-state index contributed by atoms with van der Waals surface area (Å²) in [5.41, 5.74) is 8.52. The zero-order valence-electron chi connectivity index (χ0n) is 9.98. The van der Waals surface area contributed by atoms with Gasteiger partial charge in [-0.3, -0.25) is 0 Å². The summed E-state index contributed by atoms with van der Waals surface area (Å²) < 4.78 is 0. The summed E-state index contributed by atoms with van der Waals surface area (Å²) in [5.74, 6) is 1.05. The lowest BCUT2D eigenvalue weighted by atomic mass is 10.1. The fourth-order valence-corrected chi connectivity index (χ4v) is 2.12. The predicted octanol–water partition coefficient (Wildman–Crippen LogP) is 2.26. The Morgan fingerprint density at radius 1 is 1.50 bits per heavy atom. The highest BCUT2D eigenvalue weighted by Crippen LogP contribution is 2.24. The first-order chi connectivity index (χ1) is 7.68. The third-order valence-corrected chi connectivity index (χ3v) is 2.94. The summed E-state index contributed by atoms with van der Waals surface area (Å²) in [6, 6.07) is 4.06. The molecule has 2 rings (SSSR count). The van der Waals surface area contributed by atoms with Gasteiger partial charge in [-0.05, 0) is 26.3 Å². The maximum absolute atomic E-state index is 5.97.